The first-order valence-electron chi connectivity index (χ1n) is 10.3. The average molecular weight is 438 g/mol. The number of aryl methyl sites for hydroxylation is 2. The van der Waals surface area contributed by atoms with Gasteiger partial charge in [0.1, 0.15) is 11.4 Å². The molecule has 4 rings (SSSR count). The van der Waals surface area contributed by atoms with Gasteiger partial charge in [-0.05, 0) is 73.3 Å². The molecule has 7 nitrogen and oxygen atoms in total. The lowest BCUT2D eigenvalue weighted by molar-refractivity contribution is -0.108. The maximum Gasteiger partial charge on any atom is 0.332 e. The van der Waals surface area contributed by atoms with E-state index in [4.69, 9.17) is 0 Å². The summed E-state index contributed by atoms with van der Waals surface area (Å²) in [5, 5.41) is 22.6. The van der Waals surface area contributed by atoms with E-state index >= 15 is 0 Å². The van der Waals surface area contributed by atoms with Crippen molar-refractivity contribution < 1.29 is 14.7 Å². The van der Waals surface area contributed by atoms with Crippen LogP contribution in [0.15, 0.2) is 89.1 Å². The maximum atomic E-state index is 12.7. The lowest BCUT2D eigenvalue weighted by atomic mass is 10.1. The highest BCUT2D eigenvalue weighted by Crippen LogP contribution is 2.38. The third kappa shape index (κ3) is 4.72. The molecule has 3 amide bonds. The van der Waals surface area contributed by atoms with E-state index in [1.165, 1.54) is 11.0 Å². The molecule has 2 N–H and O–H groups in total. The van der Waals surface area contributed by atoms with Gasteiger partial charge in [0.15, 0.2) is 0 Å². The molecular formula is C26H22N4O3. The fourth-order valence-corrected chi connectivity index (χ4v) is 3.52. The van der Waals surface area contributed by atoms with Crippen molar-refractivity contribution >= 4 is 46.0 Å². The number of carbonyl (C=O) groups is 2. The van der Waals surface area contributed by atoms with E-state index in [2.05, 4.69) is 15.5 Å². The van der Waals surface area contributed by atoms with Crippen molar-refractivity contribution in [2.75, 3.05) is 4.90 Å². The minimum Gasteiger partial charge on any atom is -0.506 e. The van der Waals surface area contributed by atoms with Crippen molar-refractivity contribution in [2.24, 2.45) is 10.2 Å². The third-order valence-electron chi connectivity index (χ3n) is 5.16. The number of carbonyl (C=O) groups excluding carboxylic acids is 2. The molecule has 0 aromatic heterocycles. The molecule has 0 bridgehead atoms. The van der Waals surface area contributed by atoms with E-state index in [0.717, 1.165) is 16.5 Å². The normalized spacial score (nSPS) is 11.0. The molecule has 0 saturated heterocycles. The Hall–Kier alpha value is -4.52. The van der Waals surface area contributed by atoms with Gasteiger partial charge < -0.3 is 5.11 Å². The zero-order valence-electron chi connectivity index (χ0n) is 18.2. The van der Waals surface area contributed by atoms with Crippen LogP contribution in [-0.2, 0) is 4.79 Å². The lowest BCUT2D eigenvalue weighted by Crippen LogP contribution is -2.36. The molecule has 0 fully saturated rings. The van der Waals surface area contributed by atoms with Gasteiger partial charge in [-0.15, -0.1) is 5.11 Å². The van der Waals surface area contributed by atoms with Crippen molar-refractivity contribution in [2.45, 2.75) is 13.8 Å². The number of phenols is 1. The van der Waals surface area contributed by atoms with Gasteiger partial charge in [-0.2, -0.15) is 5.11 Å². The number of hydrogen-bond acceptors (Lipinski definition) is 5. The van der Waals surface area contributed by atoms with E-state index in [9.17, 15) is 14.7 Å². The summed E-state index contributed by atoms with van der Waals surface area (Å²) in [4.78, 5) is 25.1. The standard InChI is InChI=1S/C26H22N4O3/c1-17-6-9-20(10-7-17)28-29-25-23-12-11-22(15-19(23)8-13-24(25)32)30(26(33)27-16-31)21-5-3-4-18(2)14-21/h3-16,32H,1-2H3,(H,27,31,33). The van der Waals surface area contributed by atoms with E-state index in [1.807, 2.05) is 56.3 Å². The molecular weight excluding hydrogens is 416 g/mol. The van der Waals surface area contributed by atoms with Gasteiger partial charge in [0.25, 0.3) is 0 Å². The minimum absolute atomic E-state index is 0.000324. The first kappa shape index (κ1) is 21.7. The minimum atomic E-state index is -0.576. The van der Waals surface area contributed by atoms with Crippen molar-refractivity contribution in [1.29, 1.82) is 0 Å². The second-order valence-corrected chi connectivity index (χ2v) is 7.62. The molecule has 0 aliphatic carbocycles. The Morgan fingerprint density at radius 1 is 0.879 bits per heavy atom. The number of rotatable bonds is 5. The van der Waals surface area contributed by atoms with Gasteiger partial charge in [-0.3, -0.25) is 15.0 Å². The van der Waals surface area contributed by atoms with Crippen LogP contribution >= 0.6 is 0 Å². The van der Waals surface area contributed by atoms with Gasteiger partial charge in [-0.25, -0.2) is 4.79 Å². The van der Waals surface area contributed by atoms with Crippen LogP contribution < -0.4 is 10.2 Å². The molecule has 0 aliphatic rings. The fraction of sp³-hybridized carbons (Fsp3) is 0.0769. The molecule has 164 valence electrons. The Kier molecular flexibility index (Phi) is 6.13. The summed E-state index contributed by atoms with van der Waals surface area (Å²) >= 11 is 0. The van der Waals surface area contributed by atoms with E-state index in [0.29, 0.717) is 34.5 Å². The van der Waals surface area contributed by atoms with Crippen molar-refractivity contribution in [3.63, 3.8) is 0 Å². The quantitative estimate of drug-likeness (QED) is 0.272. The summed E-state index contributed by atoms with van der Waals surface area (Å²) in [5.74, 6) is 0.000324. The van der Waals surface area contributed by atoms with E-state index in [1.54, 1.807) is 30.3 Å². The van der Waals surface area contributed by atoms with Crippen molar-refractivity contribution in [3.05, 3.63) is 90.0 Å². The predicted octanol–water partition coefficient (Wildman–Crippen LogP) is 6.58. The number of azo groups is 1. The second kappa shape index (κ2) is 9.32. The molecule has 0 heterocycles. The lowest BCUT2D eigenvalue weighted by Gasteiger charge is -2.23. The highest BCUT2D eigenvalue weighted by Gasteiger charge is 2.19. The highest BCUT2D eigenvalue weighted by atomic mass is 16.3. The van der Waals surface area contributed by atoms with Crippen molar-refractivity contribution in [1.82, 2.24) is 5.32 Å². The smallest absolute Gasteiger partial charge is 0.332 e. The van der Waals surface area contributed by atoms with Crippen LogP contribution in [0, 0.1) is 13.8 Å². The summed E-state index contributed by atoms with van der Waals surface area (Å²) in [5.41, 5.74) is 4.27. The fourth-order valence-electron chi connectivity index (χ4n) is 3.52. The Balaban J connectivity index is 1.78. The van der Waals surface area contributed by atoms with Crippen LogP contribution in [0.1, 0.15) is 11.1 Å². The number of anilines is 2. The Morgan fingerprint density at radius 3 is 2.36 bits per heavy atom. The molecule has 0 atom stereocenters. The number of hydrogen-bond donors (Lipinski definition) is 2. The molecule has 0 unspecified atom stereocenters. The number of nitrogens with one attached hydrogen (secondary N) is 1. The first-order chi connectivity index (χ1) is 16.0. The number of imide groups is 1. The number of fused-ring (bicyclic) bond motifs is 1. The number of benzene rings is 4. The summed E-state index contributed by atoms with van der Waals surface area (Å²) < 4.78 is 0. The summed E-state index contributed by atoms with van der Waals surface area (Å²) in [6, 6.07) is 23.0. The van der Waals surface area contributed by atoms with Gasteiger partial charge >= 0.3 is 6.03 Å². The van der Waals surface area contributed by atoms with Gasteiger partial charge in [0.2, 0.25) is 6.41 Å². The highest BCUT2D eigenvalue weighted by molar-refractivity contribution is 6.06. The molecule has 4 aromatic carbocycles. The van der Waals surface area contributed by atoms with Crippen LogP contribution in [0.3, 0.4) is 0 Å². The molecule has 0 spiro atoms. The SMILES string of the molecule is Cc1ccc(N=Nc2c(O)ccc3cc(N(C(=O)NC=O)c4cccc(C)c4)ccc23)cc1. The zero-order chi connectivity index (χ0) is 23.4. The molecule has 0 aliphatic heterocycles. The first-order valence-corrected chi connectivity index (χ1v) is 10.3. The van der Waals surface area contributed by atoms with Gasteiger partial charge in [-0.1, -0.05) is 35.9 Å². The third-order valence-corrected chi connectivity index (χ3v) is 5.16. The number of amides is 3. The number of aromatic hydroxyl groups is 1. The van der Waals surface area contributed by atoms with Crippen molar-refractivity contribution in [3.8, 4) is 5.75 Å². The van der Waals surface area contributed by atoms with E-state index < -0.39 is 6.03 Å². The van der Waals surface area contributed by atoms with Crippen LogP contribution in [-0.4, -0.2) is 17.5 Å². The molecule has 33 heavy (non-hydrogen) atoms. The van der Waals surface area contributed by atoms with Gasteiger partial charge in [0, 0.05) is 5.39 Å². The number of nitrogens with zero attached hydrogens (tertiary/aromatic N) is 3. The zero-order valence-corrected chi connectivity index (χ0v) is 18.2. The van der Waals surface area contributed by atoms with Gasteiger partial charge in [0.05, 0.1) is 17.1 Å². The second-order valence-electron chi connectivity index (χ2n) is 7.62. The largest absolute Gasteiger partial charge is 0.506 e. The summed E-state index contributed by atoms with van der Waals surface area (Å²) in [6.07, 6.45) is 0.355. The average Bonchev–Trinajstić information content (AvgIpc) is 2.80. The number of phenolic OH excluding ortho intramolecular Hbond substituents is 1. The predicted molar refractivity (Wildman–Crippen MR) is 129 cm³/mol. The molecule has 0 saturated carbocycles. The number of urea groups is 1. The topological polar surface area (TPSA) is 94.4 Å². The summed E-state index contributed by atoms with van der Waals surface area (Å²) in [7, 11) is 0. The van der Waals surface area contributed by atoms with Crippen LogP contribution in [0.2, 0.25) is 0 Å². The maximum absolute atomic E-state index is 12.7. The molecule has 0 radical (unpaired) electrons. The monoisotopic (exact) mass is 438 g/mol. The summed E-state index contributed by atoms with van der Waals surface area (Å²) in [6.45, 7) is 3.91. The Morgan fingerprint density at radius 2 is 1.64 bits per heavy atom. The van der Waals surface area contributed by atoms with Crippen LogP contribution in [0.25, 0.3) is 10.8 Å². The molecule has 4 aromatic rings. The van der Waals surface area contributed by atoms with Crippen LogP contribution in [0.4, 0.5) is 27.5 Å². The van der Waals surface area contributed by atoms with Crippen LogP contribution in [0.5, 0.6) is 5.75 Å². The van der Waals surface area contributed by atoms with E-state index in [-0.39, 0.29) is 5.75 Å². The Bertz CT molecular complexity index is 1360. The molecule has 7 heteroatoms. The Labute approximate surface area is 191 Å².